The van der Waals surface area contributed by atoms with Crippen LogP contribution in [0.15, 0.2) is 91.0 Å². The van der Waals surface area contributed by atoms with Crippen LogP contribution < -0.4 is 5.32 Å². The van der Waals surface area contributed by atoms with Crippen molar-refractivity contribution in [3.63, 3.8) is 0 Å². The standard InChI is InChI=1S/C34H39NO6/c1-33(2,3)40-29(36)22-21-24-17-19-25(20-18-24)23-28(35-32(38)41-34(4,5)6)31(37)39-30(26-13-9-7-10-14-26)27-15-11-8-12-16-27/h7-22,28,30H,23H2,1-6H3,(H,35,38)/b22-21+/t28-/m0/s1. The van der Waals surface area contributed by atoms with E-state index in [2.05, 4.69) is 5.32 Å². The fourth-order valence-electron chi connectivity index (χ4n) is 3.93. The van der Waals surface area contributed by atoms with Gasteiger partial charge in [-0.15, -0.1) is 0 Å². The lowest BCUT2D eigenvalue weighted by Gasteiger charge is -2.25. The van der Waals surface area contributed by atoms with Crippen LogP contribution in [0.25, 0.3) is 6.08 Å². The first kappa shape index (κ1) is 31.1. The molecule has 0 unspecified atom stereocenters. The Hall–Kier alpha value is -4.39. The number of nitrogens with one attached hydrogen (secondary N) is 1. The molecule has 0 aromatic heterocycles. The van der Waals surface area contributed by atoms with Crippen LogP contribution in [0, 0.1) is 0 Å². The Morgan fingerprint density at radius 3 is 1.73 bits per heavy atom. The van der Waals surface area contributed by atoms with Gasteiger partial charge in [0.2, 0.25) is 0 Å². The van der Waals surface area contributed by atoms with Crippen molar-refractivity contribution in [3.8, 4) is 0 Å². The number of esters is 2. The molecule has 0 fully saturated rings. The van der Waals surface area contributed by atoms with Crippen molar-refractivity contribution < 1.29 is 28.6 Å². The molecule has 3 aromatic carbocycles. The summed E-state index contributed by atoms with van der Waals surface area (Å²) in [6, 6.07) is 25.2. The van der Waals surface area contributed by atoms with E-state index in [9.17, 15) is 14.4 Å². The van der Waals surface area contributed by atoms with E-state index in [0.717, 1.165) is 22.3 Å². The van der Waals surface area contributed by atoms with E-state index in [-0.39, 0.29) is 6.42 Å². The largest absolute Gasteiger partial charge is 0.457 e. The number of alkyl carbamates (subject to hydrolysis) is 1. The van der Waals surface area contributed by atoms with Crippen molar-refractivity contribution >= 4 is 24.1 Å². The lowest BCUT2D eigenvalue weighted by molar-refractivity contribution is -0.150. The molecule has 0 saturated carbocycles. The highest BCUT2D eigenvalue weighted by Crippen LogP contribution is 2.27. The molecule has 3 aromatic rings. The first-order chi connectivity index (χ1) is 19.3. The van der Waals surface area contributed by atoms with Crippen LogP contribution in [-0.4, -0.2) is 35.3 Å². The van der Waals surface area contributed by atoms with Crippen molar-refractivity contribution in [3.05, 3.63) is 113 Å². The van der Waals surface area contributed by atoms with Crippen LogP contribution in [0.2, 0.25) is 0 Å². The van der Waals surface area contributed by atoms with Gasteiger partial charge in [-0.3, -0.25) is 0 Å². The Labute approximate surface area is 242 Å². The number of carbonyl (C=O) groups excluding carboxylic acids is 3. The number of hydrogen-bond donors (Lipinski definition) is 1. The van der Waals surface area contributed by atoms with Gasteiger partial charge in [0.25, 0.3) is 0 Å². The molecular formula is C34H39NO6. The second-order valence-electron chi connectivity index (χ2n) is 11.6. The second kappa shape index (κ2) is 13.8. The van der Waals surface area contributed by atoms with Crippen LogP contribution >= 0.6 is 0 Å². The molecule has 0 aliphatic heterocycles. The number of amides is 1. The number of ether oxygens (including phenoxy) is 3. The van der Waals surface area contributed by atoms with E-state index < -0.39 is 41.4 Å². The molecule has 0 bridgehead atoms. The lowest BCUT2D eigenvalue weighted by atomic mass is 10.0. The van der Waals surface area contributed by atoms with Gasteiger partial charge in [-0.1, -0.05) is 84.9 Å². The SMILES string of the molecule is CC(C)(C)OC(=O)/C=C/c1ccc(C[C@H](NC(=O)OC(C)(C)C)C(=O)OC(c2ccccc2)c2ccccc2)cc1. The van der Waals surface area contributed by atoms with Crippen molar-refractivity contribution in [1.82, 2.24) is 5.32 Å². The molecule has 0 aliphatic rings. The molecular weight excluding hydrogens is 518 g/mol. The predicted molar refractivity (Wildman–Crippen MR) is 159 cm³/mol. The average Bonchev–Trinajstić information content (AvgIpc) is 2.90. The van der Waals surface area contributed by atoms with E-state index in [1.807, 2.05) is 106 Å². The minimum absolute atomic E-state index is 0.171. The minimum Gasteiger partial charge on any atom is -0.457 e. The Morgan fingerprint density at radius 2 is 1.24 bits per heavy atom. The van der Waals surface area contributed by atoms with E-state index in [4.69, 9.17) is 14.2 Å². The van der Waals surface area contributed by atoms with Crippen LogP contribution in [0.4, 0.5) is 4.79 Å². The van der Waals surface area contributed by atoms with Crippen LogP contribution in [-0.2, 0) is 30.2 Å². The third-order valence-electron chi connectivity index (χ3n) is 5.65. The van der Waals surface area contributed by atoms with Gasteiger partial charge in [-0.05, 0) is 69.9 Å². The maximum Gasteiger partial charge on any atom is 0.408 e. The third kappa shape index (κ3) is 11.0. The Kier molecular flexibility index (Phi) is 10.5. The predicted octanol–water partition coefficient (Wildman–Crippen LogP) is 6.81. The Bertz CT molecular complexity index is 1280. The van der Waals surface area contributed by atoms with Crippen LogP contribution in [0.1, 0.15) is 69.9 Å². The fourth-order valence-corrected chi connectivity index (χ4v) is 3.93. The molecule has 0 spiro atoms. The molecule has 41 heavy (non-hydrogen) atoms. The maximum atomic E-state index is 13.6. The zero-order chi connectivity index (χ0) is 30.0. The first-order valence-electron chi connectivity index (χ1n) is 13.6. The van der Waals surface area contributed by atoms with Crippen molar-refractivity contribution in [2.45, 2.75) is 71.3 Å². The Morgan fingerprint density at radius 1 is 0.732 bits per heavy atom. The zero-order valence-electron chi connectivity index (χ0n) is 24.5. The summed E-state index contributed by atoms with van der Waals surface area (Å²) in [7, 11) is 0. The molecule has 1 N–H and O–H groups in total. The van der Waals surface area contributed by atoms with Crippen LogP contribution in [0.5, 0.6) is 0 Å². The van der Waals surface area contributed by atoms with E-state index in [0.29, 0.717) is 0 Å². The van der Waals surface area contributed by atoms with E-state index in [1.165, 1.54) is 6.08 Å². The number of carbonyl (C=O) groups is 3. The summed E-state index contributed by atoms with van der Waals surface area (Å²) in [5.41, 5.74) is 1.88. The molecule has 0 radical (unpaired) electrons. The normalized spacial score (nSPS) is 12.6. The summed E-state index contributed by atoms with van der Waals surface area (Å²) >= 11 is 0. The van der Waals surface area contributed by atoms with Gasteiger partial charge in [-0.2, -0.15) is 0 Å². The van der Waals surface area contributed by atoms with Gasteiger partial charge in [0, 0.05) is 12.5 Å². The minimum atomic E-state index is -1.01. The highest BCUT2D eigenvalue weighted by Gasteiger charge is 2.29. The second-order valence-corrected chi connectivity index (χ2v) is 11.6. The highest BCUT2D eigenvalue weighted by atomic mass is 16.6. The molecule has 1 amide bonds. The number of benzene rings is 3. The summed E-state index contributed by atoms with van der Waals surface area (Å²) < 4.78 is 16.8. The third-order valence-corrected chi connectivity index (χ3v) is 5.65. The fraction of sp³-hybridized carbons (Fsp3) is 0.324. The van der Waals surface area contributed by atoms with E-state index in [1.54, 1.807) is 26.8 Å². The van der Waals surface area contributed by atoms with Crippen molar-refractivity contribution in [1.29, 1.82) is 0 Å². The first-order valence-corrected chi connectivity index (χ1v) is 13.6. The molecule has 0 heterocycles. The molecule has 0 saturated heterocycles. The van der Waals surface area contributed by atoms with Crippen molar-refractivity contribution in [2.24, 2.45) is 0 Å². The quantitative estimate of drug-likeness (QED) is 0.177. The van der Waals surface area contributed by atoms with Gasteiger partial charge in [0.15, 0.2) is 6.10 Å². The summed E-state index contributed by atoms with van der Waals surface area (Å²) in [6.45, 7) is 10.7. The van der Waals surface area contributed by atoms with Crippen LogP contribution in [0.3, 0.4) is 0 Å². The monoisotopic (exact) mass is 557 g/mol. The molecule has 0 aliphatic carbocycles. The highest BCUT2D eigenvalue weighted by molar-refractivity contribution is 5.87. The zero-order valence-corrected chi connectivity index (χ0v) is 24.5. The van der Waals surface area contributed by atoms with Crippen molar-refractivity contribution in [2.75, 3.05) is 0 Å². The summed E-state index contributed by atoms with van der Waals surface area (Å²) in [6.07, 6.45) is 1.83. The topological polar surface area (TPSA) is 90.9 Å². The van der Waals surface area contributed by atoms with Gasteiger partial charge in [-0.25, -0.2) is 14.4 Å². The molecule has 1 atom stereocenters. The maximum absolute atomic E-state index is 13.6. The smallest absolute Gasteiger partial charge is 0.408 e. The lowest BCUT2D eigenvalue weighted by Crippen LogP contribution is -2.45. The summed E-state index contributed by atoms with van der Waals surface area (Å²) in [5.74, 6) is -1.03. The van der Waals surface area contributed by atoms with Gasteiger partial charge in [0.05, 0.1) is 0 Å². The van der Waals surface area contributed by atoms with E-state index >= 15 is 0 Å². The Balaban J connectivity index is 1.81. The summed E-state index contributed by atoms with van der Waals surface area (Å²) in [4.78, 5) is 38.3. The van der Waals surface area contributed by atoms with Gasteiger partial charge < -0.3 is 19.5 Å². The summed E-state index contributed by atoms with van der Waals surface area (Å²) in [5, 5.41) is 2.70. The average molecular weight is 558 g/mol. The molecule has 3 rings (SSSR count). The van der Waals surface area contributed by atoms with Gasteiger partial charge >= 0.3 is 18.0 Å². The molecule has 7 heteroatoms. The molecule has 7 nitrogen and oxygen atoms in total. The number of rotatable bonds is 9. The van der Waals surface area contributed by atoms with Gasteiger partial charge in [0.1, 0.15) is 17.2 Å². The number of hydrogen-bond acceptors (Lipinski definition) is 6. The molecule has 216 valence electrons.